The number of urea groups is 1. The quantitative estimate of drug-likeness (QED) is 0.322. The first kappa shape index (κ1) is 22.6. The summed E-state index contributed by atoms with van der Waals surface area (Å²) < 4.78 is 5.72. The van der Waals surface area contributed by atoms with Gasteiger partial charge in [0.25, 0.3) is 5.69 Å². The molecule has 0 fully saturated rings. The summed E-state index contributed by atoms with van der Waals surface area (Å²) in [5, 5.41) is 19.8. The number of hydrogen-bond donors (Lipinski definition) is 3. The van der Waals surface area contributed by atoms with E-state index in [0.29, 0.717) is 35.1 Å². The number of hydrogen-bond acceptors (Lipinski definition) is 6. The van der Waals surface area contributed by atoms with Crippen LogP contribution in [0.15, 0.2) is 72.8 Å². The van der Waals surface area contributed by atoms with E-state index in [1.165, 1.54) is 6.07 Å². The van der Waals surface area contributed by atoms with Crippen molar-refractivity contribution < 1.29 is 14.5 Å². The molecule has 0 unspecified atom stereocenters. The smallest absolute Gasteiger partial charge is 0.323 e. The van der Waals surface area contributed by atoms with Gasteiger partial charge in [0.2, 0.25) is 0 Å². The number of benzene rings is 3. The normalized spacial score (nSPS) is 10.5. The number of likely N-dealkylation sites (N-methyl/N-ethyl adjacent to an activating group) is 1. The van der Waals surface area contributed by atoms with Gasteiger partial charge in [-0.2, -0.15) is 0 Å². The topological polar surface area (TPSA) is 109 Å². The van der Waals surface area contributed by atoms with E-state index in [4.69, 9.17) is 4.74 Å². The fraction of sp³-hybridized carbons (Fsp3) is 0.174. The summed E-state index contributed by atoms with van der Waals surface area (Å²) in [4.78, 5) is 25.2. The van der Waals surface area contributed by atoms with Gasteiger partial charge in [0.15, 0.2) is 0 Å². The Labute approximate surface area is 186 Å². The molecule has 32 heavy (non-hydrogen) atoms. The molecule has 9 nitrogen and oxygen atoms in total. The van der Waals surface area contributed by atoms with Gasteiger partial charge in [0.05, 0.1) is 4.92 Å². The van der Waals surface area contributed by atoms with E-state index >= 15 is 0 Å². The van der Waals surface area contributed by atoms with Gasteiger partial charge >= 0.3 is 6.03 Å². The summed E-state index contributed by atoms with van der Waals surface area (Å²) in [5.74, 6) is 1.35. The Kier molecular flexibility index (Phi) is 7.60. The van der Waals surface area contributed by atoms with Crippen molar-refractivity contribution in [3.63, 3.8) is 0 Å². The van der Waals surface area contributed by atoms with Crippen LogP contribution < -0.4 is 20.7 Å². The van der Waals surface area contributed by atoms with Gasteiger partial charge < -0.3 is 25.6 Å². The lowest BCUT2D eigenvalue weighted by molar-refractivity contribution is -0.383. The second-order valence-corrected chi connectivity index (χ2v) is 7.24. The average Bonchev–Trinajstić information content (AvgIpc) is 2.76. The molecule has 0 saturated heterocycles. The fourth-order valence-electron chi connectivity index (χ4n) is 2.85. The molecule has 0 radical (unpaired) electrons. The highest BCUT2D eigenvalue weighted by Crippen LogP contribution is 2.28. The van der Waals surface area contributed by atoms with Gasteiger partial charge in [0, 0.05) is 30.5 Å². The van der Waals surface area contributed by atoms with Crippen LogP contribution in [0, 0.1) is 10.1 Å². The van der Waals surface area contributed by atoms with Crippen LogP contribution in [0.25, 0.3) is 0 Å². The summed E-state index contributed by atoms with van der Waals surface area (Å²) in [6, 6.07) is 20.3. The van der Waals surface area contributed by atoms with Crippen molar-refractivity contribution in [2.75, 3.05) is 43.1 Å². The monoisotopic (exact) mass is 435 g/mol. The number of nitro benzene ring substituents is 1. The number of carbonyl (C=O) groups is 1. The third-order valence-electron chi connectivity index (χ3n) is 4.42. The zero-order valence-electron chi connectivity index (χ0n) is 17.9. The van der Waals surface area contributed by atoms with Crippen LogP contribution >= 0.6 is 0 Å². The standard InChI is InChI=1S/C23H25N5O4/c1-27(2)15-14-24-21-13-10-18(16-22(21)28(30)31)26-23(29)25-17-8-11-20(12-9-17)32-19-6-4-3-5-7-19/h3-13,16,24H,14-15H2,1-2H3,(H2,25,26,29). The highest BCUT2D eigenvalue weighted by atomic mass is 16.6. The molecule has 0 atom stereocenters. The molecule has 166 valence electrons. The summed E-state index contributed by atoms with van der Waals surface area (Å²) in [6.45, 7) is 1.29. The second-order valence-electron chi connectivity index (χ2n) is 7.24. The van der Waals surface area contributed by atoms with Crippen molar-refractivity contribution in [2.24, 2.45) is 0 Å². The molecule has 0 aliphatic rings. The molecule has 3 N–H and O–H groups in total. The van der Waals surface area contributed by atoms with E-state index in [1.54, 1.807) is 36.4 Å². The maximum absolute atomic E-state index is 12.3. The molecule has 3 aromatic carbocycles. The van der Waals surface area contributed by atoms with Crippen LogP contribution in [0.5, 0.6) is 11.5 Å². The maximum Gasteiger partial charge on any atom is 0.323 e. The van der Waals surface area contributed by atoms with E-state index in [0.717, 1.165) is 6.54 Å². The van der Waals surface area contributed by atoms with E-state index in [9.17, 15) is 14.9 Å². The molecule has 0 spiro atoms. The molecule has 0 aliphatic heterocycles. The van der Waals surface area contributed by atoms with E-state index in [-0.39, 0.29) is 5.69 Å². The molecule has 3 rings (SSSR count). The number of nitrogens with zero attached hydrogens (tertiary/aromatic N) is 2. The van der Waals surface area contributed by atoms with Gasteiger partial charge in [-0.05, 0) is 62.6 Å². The van der Waals surface area contributed by atoms with E-state index < -0.39 is 11.0 Å². The van der Waals surface area contributed by atoms with Crippen LogP contribution in [0.4, 0.5) is 27.5 Å². The lowest BCUT2D eigenvalue weighted by atomic mass is 10.2. The third-order valence-corrected chi connectivity index (χ3v) is 4.42. The first-order valence-corrected chi connectivity index (χ1v) is 9.99. The minimum absolute atomic E-state index is 0.107. The Hall–Kier alpha value is -4.11. The van der Waals surface area contributed by atoms with Crippen molar-refractivity contribution >= 4 is 28.8 Å². The number of amides is 2. The molecule has 9 heteroatoms. The van der Waals surface area contributed by atoms with Gasteiger partial charge in [-0.25, -0.2) is 4.79 Å². The SMILES string of the molecule is CN(C)CCNc1ccc(NC(=O)Nc2ccc(Oc3ccccc3)cc2)cc1[N+](=O)[O-]. The predicted molar refractivity (Wildman–Crippen MR) is 126 cm³/mol. The molecule has 0 heterocycles. The lowest BCUT2D eigenvalue weighted by Crippen LogP contribution is -2.21. The molecule has 0 bridgehead atoms. The molecule has 3 aromatic rings. The Bertz CT molecular complexity index is 1060. The largest absolute Gasteiger partial charge is 0.457 e. The zero-order valence-corrected chi connectivity index (χ0v) is 17.9. The van der Waals surface area contributed by atoms with Gasteiger partial charge in [0.1, 0.15) is 17.2 Å². The van der Waals surface area contributed by atoms with Crippen LogP contribution in [0.3, 0.4) is 0 Å². The van der Waals surface area contributed by atoms with Crippen molar-refractivity contribution in [2.45, 2.75) is 0 Å². The predicted octanol–water partition coefficient (Wildman–Crippen LogP) is 5.00. The zero-order chi connectivity index (χ0) is 22.9. The molecule has 2 amide bonds. The minimum Gasteiger partial charge on any atom is -0.457 e. The van der Waals surface area contributed by atoms with Crippen LogP contribution in [-0.4, -0.2) is 43.0 Å². The fourth-order valence-corrected chi connectivity index (χ4v) is 2.85. The molecular weight excluding hydrogens is 410 g/mol. The number of nitro groups is 1. The number of rotatable bonds is 9. The number of carbonyl (C=O) groups excluding carboxylic acids is 1. The van der Waals surface area contributed by atoms with Crippen molar-refractivity contribution in [1.29, 1.82) is 0 Å². The van der Waals surface area contributed by atoms with Crippen LogP contribution in [0.1, 0.15) is 0 Å². The summed E-state index contributed by atoms with van der Waals surface area (Å²) in [6.07, 6.45) is 0. The summed E-state index contributed by atoms with van der Waals surface area (Å²) in [7, 11) is 3.84. The number of para-hydroxylation sites is 1. The van der Waals surface area contributed by atoms with Gasteiger partial charge in [-0.1, -0.05) is 18.2 Å². The van der Waals surface area contributed by atoms with Crippen molar-refractivity contribution in [3.8, 4) is 11.5 Å². The lowest BCUT2D eigenvalue weighted by Gasteiger charge is -2.13. The second kappa shape index (κ2) is 10.8. The number of ether oxygens (including phenoxy) is 1. The van der Waals surface area contributed by atoms with Gasteiger partial charge in [-0.15, -0.1) is 0 Å². The first-order valence-electron chi connectivity index (χ1n) is 9.99. The maximum atomic E-state index is 12.3. The number of anilines is 3. The highest BCUT2D eigenvalue weighted by Gasteiger charge is 2.15. The average molecular weight is 435 g/mol. The molecule has 0 aliphatic carbocycles. The Balaban J connectivity index is 1.59. The Morgan fingerprint density at radius 1 is 0.938 bits per heavy atom. The van der Waals surface area contributed by atoms with Crippen molar-refractivity contribution in [3.05, 3.63) is 82.9 Å². The highest BCUT2D eigenvalue weighted by molar-refractivity contribution is 6.00. The Morgan fingerprint density at radius 3 is 2.22 bits per heavy atom. The third kappa shape index (κ3) is 6.71. The van der Waals surface area contributed by atoms with Crippen LogP contribution in [-0.2, 0) is 0 Å². The minimum atomic E-state index is -0.510. The van der Waals surface area contributed by atoms with E-state index in [1.807, 2.05) is 49.3 Å². The molecule has 0 aromatic heterocycles. The summed E-state index contributed by atoms with van der Waals surface area (Å²) >= 11 is 0. The van der Waals surface area contributed by atoms with Crippen molar-refractivity contribution in [1.82, 2.24) is 4.90 Å². The van der Waals surface area contributed by atoms with Crippen LogP contribution in [0.2, 0.25) is 0 Å². The molecular formula is C23H25N5O4. The Morgan fingerprint density at radius 2 is 1.56 bits per heavy atom. The van der Waals surface area contributed by atoms with Gasteiger partial charge in [-0.3, -0.25) is 10.1 Å². The number of nitrogens with one attached hydrogen (secondary N) is 3. The van der Waals surface area contributed by atoms with E-state index in [2.05, 4.69) is 16.0 Å². The first-order chi connectivity index (χ1) is 15.4. The summed E-state index contributed by atoms with van der Waals surface area (Å²) in [5.41, 5.74) is 1.16. The molecule has 0 saturated carbocycles.